The van der Waals surface area contributed by atoms with Gasteiger partial charge in [0.1, 0.15) is 5.82 Å². The van der Waals surface area contributed by atoms with Gasteiger partial charge < -0.3 is 10.5 Å². The fraction of sp³-hybridized carbons (Fsp3) is 0.364. The Hall–Kier alpha value is -1.13. The monoisotopic (exact) mass is 247 g/mol. The van der Waals surface area contributed by atoms with Crippen molar-refractivity contribution in [3.63, 3.8) is 0 Å². The summed E-state index contributed by atoms with van der Waals surface area (Å²) in [5, 5.41) is 0. The van der Waals surface area contributed by atoms with Crippen LogP contribution < -0.4 is 5.73 Å². The summed E-state index contributed by atoms with van der Waals surface area (Å²) >= 11 is 0. The summed E-state index contributed by atoms with van der Waals surface area (Å²) in [4.78, 5) is 11.1. The molecule has 0 spiro atoms. The highest BCUT2D eigenvalue weighted by atomic mass is 35.5. The van der Waals surface area contributed by atoms with E-state index >= 15 is 0 Å². The van der Waals surface area contributed by atoms with Gasteiger partial charge in [-0.3, -0.25) is 4.79 Å². The number of benzene rings is 1. The molecule has 1 rings (SSSR count). The van der Waals surface area contributed by atoms with Gasteiger partial charge in [0.05, 0.1) is 13.0 Å². The molecule has 0 unspecified atom stereocenters. The first-order valence-corrected chi connectivity index (χ1v) is 4.80. The molecule has 0 fully saturated rings. The third-order valence-electron chi connectivity index (χ3n) is 1.99. The Morgan fingerprint density at radius 1 is 1.44 bits per heavy atom. The third-order valence-corrected chi connectivity index (χ3v) is 1.99. The van der Waals surface area contributed by atoms with Crippen LogP contribution in [0.3, 0.4) is 0 Å². The fourth-order valence-electron chi connectivity index (χ4n) is 1.23. The highest BCUT2D eigenvalue weighted by molar-refractivity contribution is 5.85. The fourth-order valence-corrected chi connectivity index (χ4v) is 1.23. The Morgan fingerprint density at radius 3 is 2.50 bits per heavy atom. The summed E-state index contributed by atoms with van der Waals surface area (Å²) in [6, 6.07) is 5.34. The van der Waals surface area contributed by atoms with Crippen molar-refractivity contribution >= 4 is 18.4 Å². The van der Waals surface area contributed by atoms with Gasteiger partial charge in [-0.05, 0) is 24.6 Å². The van der Waals surface area contributed by atoms with Crippen molar-refractivity contribution in [2.75, 3.05) is 6.61 Å². The van der Waals surface area contributed by atoms with E-state index in [4.69, 9.17) is 10.5 Å². The van der Waals surface area contributed by atoms with Gasteiger partial charge in [-0.15, -0.1) is 12.4 Å². The van der Waals surface area contributed by atoms with Gasteiger partial charge >= 0.3 is 5.97 Å². The molecule has 3 nitrogen and oxygen atoms in total. The lowest BCUT2D eigenvalue weighted by atomic mass is 10.1. The van der Waals surface area contributed by atoms with E-state index in [9.17, 15) is 9.18 Å². The molecule has 5 heteroatoms. The van der Waals surface area contributed by atoms with Crippen LogP contribution in [0.15, 0.2) is 24.3 Å². The molecule has 1 aromatic carbocycles. The predicted molar refractivity (Wildman–Crippen MR) is 61.8 cm³/mol. The van der Waals surface area contributed by atoms with Crippen molar-refractivity contribution in [3.8, 4) is 0 Å². The first-order valence-electron chi connectivity index (χ1n) is 4.80. The van der Waals surface area contributed by atoms with E-state index in [2.05, 4.69) is 0 Å². The van der Waals surface area contributed by atoms with Crippen molar-refractivity contribution in [1.82, 2.24) is 0 Å². The quantitative estimate of drug-likeness (QED) is 0.830. The van der Waals surface area contributed by atoms with Gasteiger partial charge in [0, 0.05) is 6.04 Å². The molecule has 90 valence electrons. The largest absolute Gasteiger partial charge is 0.466 e. The maximum absolute atomic E-state index is 12.6. The highest BCUT2D eigenvalue weighted by Crippen LogP contribution is 2.14. The van der Waals surface area contributed by atoms with Gasteiger partial charge in [-0.25, -0.2) is 4.39 Å². The first-order chi connectivity index (χ1) is 7.13. The van der Waals surface area contributed by atoms with Gasteiger partial charge in [0.25, 0.3) is 0 Å². The van der Waals surface area contributed by atoms with Crippen LogP contribution in [-0.2, 0) is 9.53 Å². The Balaban J connectivity index is 0.00000225. The average molecular weight is 248 g/mol. The van der Waals surface area contributed by atoms with E-state index in [1.54, 1.807) is 19.1 Å². The summed E-state index contributed by atoms with van der Waals surface area (Å²) < 4.78 is 17.4. The van der Waals surface area contributed by atoms with Crippen molar-refractivity contribution in [2.45, 2.75) is 19.4 Å². The van der Waals surface area contributed by atoms with Crippen LogP contribution in [-0.4, -0.2) is 12.6 Å². The summed E-state index contributed by atoms with van der Waals surface area (Å²) in [7, 11) is 0. The van der Waals surface area contributed by atoms with Crippen LogP contribution in [0.2, 0.25) is 0 Å². The molecule has 0 aliphatic heterocycles. The lowest BCUT2D eigenvalue weighted by molar-refractivity contribution is -0.143. The Morgan fingerprint density at radius 2 is 2.00 bits per heavy atom. The number of esters is 1. The number of rotatable bonds is 4. The number of carbonyl (C=O) groups is 1. The van der Waals surface area contributed by atoms with Crippen LogP contribution in [0, 0.1) is 5.82 Å². The van der Waals surface area contributed by atoms with Gasteiger partial charge in [-0.2, -0.15) is 0 Å². The molecular weight excluding hydrogens is 233 g/mol. The molecule has 0 aliphatic carbocycles. The Labute approximate surface area is 100 Å². The van der Waals surface area contributed by atoms with Crippen LogP contribution in [0.1, 0.15) is 24.9 Å². The third kappa shape index (κ3) is 4.59. The highest BCUT2D eigenvalue weighted by Gasteiger charge is 2.12. The lowest BCUT2D eigenvalue weighted by Gasteiger charge is -2.10. The summed E-state index contributed by atoms with van der Waals surface area (Å²) in [6.45, 7) is 2.08. The molecule has 16 heavy (non-hydrogen) atoms. The molecule has 1 atom stereocenters. The van der Waals surface area contributed by atoms with Crippen molar-refractivity contribution in [2.24, 2.45) is 5.73 Å². The molecule has 2 N–H and O–H groups in total. The van der Waals surface area contributed by atoms with E-state index in [-0.39, 0.29) is 30.6 Å². The van der Waals surface area contributed by atoms with E-state index in [0.717, 1.165) is 5.56 Å². The van der Waals surface area contributed by atoms with E-state index in [1.807, 2.05) is 0 Å². The van der Waals surface area contributed by atoms with Crippen LogP contribution in [0.4, 0.5) is 4.39 Å². The minimum absolute atomic E-state index is 0. The Bertz CT molecular complexity index is 329. The SMILES string of the molecule is CCOC(=O)C[C@@H](N)c1ccc(F)cc1.Cl. The predicted octanol–water partition coefficient (Wildman–Crippen LogP) is 2.20. The Kier molecular flexibility index (Phi) is 6.69. The normalized spacial score (nSPS) is 11.4. The second kappa shape index (κ2) is 7.19. The van der Waals surface area contributed by atoms with Gasteiger partial charge in [-0.1, -0.05) is 12.1 Å². The number of carbonyl (C=O) groups excluding carboxylic acids is 1. The standard InChI is InChI=1S/C11H14FNO2.ClH/c1-2-15-11(14)7-10(13)8-3-5-9(12)6-4-8;/h3-6,10H,2,7,13H2,1H3;1H/t10-;/m1./s1. The molecule has 0 heterocycles. The number of halogens is 2. The average Bonchev–Trinajstić information content (AvgIpc) is 2.18. The molecule has 0 amide bonds. The minimum Gasteiger partial charge on any atom is -0.466 e. The van der Waals surface area contributed by atoms with Gasteiger partial charge in [0.2, 0.25) is 0 Å². The second-order valence-corrected chi connectivity index (χ2v) is 3.17. The molecule has 0 bridgehead atoms. The van der Waals surface area contributed by atoms with Crippen LogP contribution in [0.25, 0.3) is 0 Å². The number of hydrogen-bond acceptors (Lipinski definition) is 3. The number of nitrogens with two attached hydrogens (primary N) is 1. The number of ether oxygens (including phenoxy) is 1. The smallest absolute Gasteiger partial charge is 0.307 e. The summed E-state index contributed by atoms with van der Waals surface area (Å²) in [5.41, 5.74) is 6.48. The summed E-state index contributed by atoms with van der Waals surface area (Å²) in [5.74, 6) is -0.656. The zero-order valence-electron chi connectivity index (χ0n) is 8.98. The molecule has 0 aliphatic rings. The molecule has 0 saturated heterocycles. The summed E-state index contributed by atoms with van der Waals surface area (Å²) in [6.07, 6.45) is 0.111. The zero-order valence-corrected chi connectivity index (χ0v) is 9.80. The van der Waals surface area contributed by atoms with E-state index < -0.39 is 6.04 Å². The molecule has 0 radical (unpaired) electrons. The topological polar surface area (TPSA) is 52.3 Å². The van der Waals surface area contributed by atoms with Crippen LogP contribution in [0.5, 0.6) is 0 Å². The molecule has 0 aromatic heterocycles. The molecular formula is C11H15ClFNO2. The van der Waals surface area contributed by atoms with Crippen LogP contribution >= 0.6 is 12.4 Å². The molecule has 1 aromatic rings. The minimum atomic E-state index is -0.440. The van der Waals surface area contributed by atoms with E-state index in [0.29, 0.717) is 6.61 Å². The van der Waals surface area contributed by atoms with Crippen molar-refractivity contribution in [1.29, 1.82) is 0 Å². The maximum atomic E-state index is 12.6. The van der Waals surface area contributed by atoms with Crippen molar-refractivity contribution in [3.05, 3.63) is 35.6 Å². The second-order valence-electron chi connectivity index (χ2n) is 3.17. The maximum Gasteiger partial charge on any atom is 0.307 e. The first kappa shape index (κ1) is 14.9. The zero-order chi connectivity index (χ0) is 11.3. The lowest BCUT2D eigenvalue weighted by Crippen LogP contribution is -2.17. The van der Waals surface area contributed by atoms with Crippen molar-refractivity contribution < 1.29 is 13.9 Å². The number of hydrogen-bond donors (Lipinski definition) is 1. The van der Waals surface area contributed by atoms with E-state index in [1.165, 1.54) is 12.1 Å². The molecule has 0 saturated carbocycles. The van der Waals surface area contributed by atoms with Gasteiger partial charge in [0.15, 0.2) is 0 Å².